The Morgan fingerprint density at radius 3 is 2.26 bits per heavy atom. The molecule has 0 unspecified atom stereocenters. The number of nitrogens with zero attached hydrogens (tertiary/aromatic N) is 1. The van der Waals surface area contributed by atoms with Crippen molar-refractivity contribution >= 4 is 28.3 Å². The molecule has 1 rings (SSSR count). The predicted octanol–water partition coefficient (Wildman–Crippen LogP) is 3.60. The number of alkyl halides is 3. The van der Waals surface area contributed by atoms with Crippen LogP contribution in [0.15, 0.2) is 22.6 Å². The standard InChI is InChI=1S/C14H16F4N2O2S/c1-8(20-23(22)13(2,3)4)10-7-9(5-6-11(10)15)19-12(21)14(16,17)18/h5-7H,1-4H3,(H,19,21)/b20-8+/t23-/m1/s1. The third kappa shape index (κ3) is 5.42. The second kappa shape index (κ2) is 6.77. The summed E-state index contributed by atoms with van der Waals surface area (Å²) in [4.78, 5) is 10.9. The summed E-state index contributed by atoms with van der Waals surface area (Å²) in [6, 6.07) is 2.91. The lowest BCUT2D eigenvalue weighted by Gasteiger charge is -2.15. The highest BCUT2D eigenvalue weighted by atomic mass is 32.2. The van der Waals surface area contributed by atoms with E-state index in [1.54, 1.807) is 26.1 Å². The Labute approximate surface area is 133 Å². The third-order valence-corrected chi connectivity index (χ3v) is 4.10. The molecule has 1 aromatic carbocycles. The summed E-state index contributed by atoms with van der Waals surface area (Å²) in [7, 11) is -1.65. The van der Waals surface area contributed by atoms with Crippen molar-refractivity contribution in [3.05, 3.63) is 29.6 Å². The van der Waals surface area contributed by atoms with Crippen LogP contribution in [0, 0.1) is 5.82 Å². The maximum absolute atomic E-state index is 13.8. The van der Waals surface area contributed by atoms with Gasteiger partial charge in [0.1, 0.15) is 16.8 Å². The average molecular weight is 352 g/mol. The molecule has 0 aliphatic rings. The van der Waals surface area contributed by atoms with E-state index in [1.165, 1.54) is 6.92 Å². The fourth-order valence-corrected chi connectivity index (χ4v) is 2.01. The lowest BCUT2D eigenvalue weighted by Crippen LogP contribution is -2.30. The molecule has 128 valence electrons. The molecule has 23 heavy (non-hydrogen) atoms. The first-order chi connectivity index (χ1) is 10.3. The maximum atomic E-state index is 13.8. The number of nitrogens with one attached hydrogen (secondary N) is 1. The van der Waals surface area contributed by atoms with Gasteiger partial charge in [-0.15, -0.1) is 0 Å². The zero-order valence-electron chi connectivity index (χ0n) is 12.9. The van der Waals surface area contributed by atoms with Crippen LogP contribution in [0.5, 0.6) is 0 Å². The first-order valence-electron chi connectivity index (χ1n) is 6.48. The van der Waals surface area contributed by atoms with Crippen LogP contribution in [-0.4, -0.2) is 26.8 Å². The minimum absolute atomic E-state index is 0.0545. The van der Waals surface area contributed by atoms with Gasteiger partial charge in [-0.05, 0) is 45.9 Å². The highest BCUT2D eigenvalue weighted by Gasteiger charge is 2.38. The maximum Gasteiger partial charge on any atom is 0.471 e. The minimum Gasteiger partial charge on any atom is -0.318 e. The van der Waals surface area contributed by atoms with E-state index in [9.17, 15) is 26.6 Å². The van der Waals surface area contributed by atoms with Gasteiger partial charge in [0.2, 0.25) is 0 Å². The Kier molecular flexibility index (Phi) is 5.68. The van der Waals surface area contributed by atoms with Gasteiger partial charge >= 0.3 is 12.1 Å². The Morgan fingerprint density at radius 1 is 1.22 bits per heavy atom. The SMILES string of the molecule is C/C(=N\[S@](=O)C(C)(C)C)c1cc(NC(=O)C(F)(F)F)ccc1F. The van der Waals surface area contributed by atoms with E-state index in [-0.39, 0.29) is 17.0 Å². The number of carbonyl (C=O) groups excluding carboxylic acids is 1. The van der Waals surface area contributed by atoms with Gasteiger partial charge in [-0.3, -0.25) is 4.79 Å². The number of halogens is 4. The molecule has 0 aliphatic heterocycles. The van der Waals surface area contributed by atoms with E-state index in [0.717, 1.165) is 18.2 Å². The molecule has 0 radical (unpaired) electrons. The Morgan fingerprint density at radius 2 is 1.78 bits per heavy atom. The van der Waals surface area contributed by atoms with Crippen molar-refractivity contribution in [1.82, 2.24) is 0 Å². The average Bonchev–Trinajstić information content (AvgIpc) is 2.38. The van der Waals surface area contributed by atoms with Crippen molar-refractivity contribution in [2.45, 2.75) is 38.6 Å². The molecule has 0 saturated heterocycles. The van der Waals surface area contributed by atoms with Crippen molar-refractivity contribution in [2.75, 3.05) is 5.32 Å². The van der Waals surface area contributed by atoms with E-state index in [0.29, 0.717) is 0 Å². The molecule has 1 aromatic rings. The normalized spacial score (nSPS) is 14.5. The number of rotatable bonds is 3. The van der Waals surface area contributed by atoms with Gasteiger partial charge in [0.05, 0.1) is 10.5 Å². The third-order valence-electron chi connectivity index (χ3n) is 2.62. The van der Waals surface area contributed by atoms with Crippen LogP contribution in [-0.2, 0) is 15.8 Å². The van der Waals surface area contributed by atoms with Gasteiger partial charge in [-0.1, -0.05) is 0 Å². The van der Waals surface area contributed by atoms with Gasteiger partial charge in [-0.25, -0.2) is 8.60 Å². The predicted molar refractivity (Wildman–Crippen MR) is 81.2 cm³/mol. The van der Waals surface area contributed by atoms with Crippen molar-refractivity contribution in [1.29, 1.82) is 0 Å². The summed E-state index contributed by atoms with van der Waals surface area (Å²) >= 11 is 0. The summed E-state index contributed by atoms with van der Waals surface area (Å²) in [6.07, 6.45) is -5.05. The first kappa shape index (κ1) is 19.3. The second-order valence-electron chi connectivity index (χ2n) is 5.68. The zero-order valence-corrected chi connectivity index (χ0v) is 13.7. The minimum atomic E-state index is -5.05. The summed E-state index contributed by atoms with van der Waals surface area (Å²) in [5.41, 5.74) is -0.318. The molecule has 0 spiro atoms. The lowest BCUT2D eigenvalue weighted by molar-refractivity contribution is -0.167. The summed E-state index contributed by atoms with van der Waals surface area (Å²) in [5.74, 6) is -2.91. The van der Waals surface area contributed by atoms with Crippen LogP contribution in [0.3, 0.4) is 0 Å². The molecule has 1 N–H and O–H groups in total. The molecular weight excluding hydrogens is 336 g/mol. The fraction of sp³-hybridized carbons (Fsp3) is 0.429. The van der Waals surface area contributed by atoms with Crippen LogP contribution in [0.25, 0.3) is 0 Å². The first-order valence-corrected chi connectivity index (χ1v) is 7.58. The molecule has 9 heteroatoms. The van der Waals surface area contributed by atoms with Crippen molar-refractivity contribution in [3.63, 3.8) is 0 Å². The van der Waals surface area contributed by atoms with E-state index >= 15 is 0 Å². The van der Waals surface area contributed by atoms with Crippen LogP contribution >= 0.6 is 0 Å². The fourth-order valence-electron chi connectivity index (χ4n) is 1.39. The summed E-state index contributed by atoms with van der Waals surface area (Å²) in [6.45, 7) is 6.42. The summed E-state index contributed by atoms with van der Waals surface area (Å²) < 4.78 is 65.6. The van der Waals surface area contributed by atoms with Gasteiger partial charge < -0.3 is 5.32 Å². The number of hydrogen-bond acceptors (Lipinski definition) is 2. The van der Waals surface area contributed by atoms with Crippen molar-refractivity contribution in [3.8, 4) is 0 Å². The van der Waals surface area contributed by atoms with Gasteiger partial charge in [0, 0.05) is 11.3 Å². The van der Waals surface area contributed by atoms with E-state index in [2.05, 4.69) is 4.40 Å². The molecular formula is C14H16F4N2O2S. The van der Waals surface area contributed by atoms with Gasteiger partial charge in [0.25, 0.3) is 0 Å². The molecule has 0 bridgehead atoms. The Bertz CT molecular complexity index is 664. The molecule has 0 aliphatic carbocycles. The van der Waals surface area contributed by atoms with Crippen molar-refractivity contribution in [2.24, 2.45) is 4.40 Å². The van der Waals surface area contributed by atoms with E-state index in [4.69, 9.17) is 0 Å². The number of benzene rings is 1. The van der Waals surface area contributed by atoms with Crippen LogP contribution in [0.2, 0.25) is 0 Å². The Hall–Kier alpha value is -1.77. The van der Waals surface area contributed by atoms with E-state index < -0.39 is 33.6 Å². The molecule has 1 amide bonds. The number of carbonyl (C=O) groups is 1. The largest absolute Gasteiger partial charge is 0.471 e. The second-order valence-corrected chi connectivity index (χ2v) is 7.59. The van der Waals surface area contributed by atoms with E-state index in [1.807, 2.05) is 0 Å². The van der Waals surface area contributed by atoms with Crippen molar-refractivity contribution < 1.29 is 26.6 Å². The highest BCUT2D eigenvalue weighted by Crippen LogP contribution is 2.21. The van der Waals surface area contributed by atoms with Gasteiger partial charge in [0.15, 0.2) is 0 Å². The smallest absolute Gasteiger partial charge is 0.318 e. The molecule has 0 heterocycles. The monoisotopic (exact) mass is 352 g/mol. The molecule has 4 nitrogen and oxygen atoms in total. The quantitative estimate of drug-likeness (QED) is 0.667. The van der Waals surface area contributed by atoms with Crippen LogP contribution in [0.4, 0.5) is 23.2 Å². The molecule has 0 fully saturated rings. The highest BCUT2D eigenvalue weighted by molar-refractivity contribution is 7.85. The zero-order chi connectivity index (χ0) is 18.0. The molecule has 0 aromatic heterocycles. The van der Waals surface area contributed by atoms with Crippen LogP contribution < -0.4 is 5.32 Å². The number of hydrogen-bond donors (Lipinski definition) is 1. The van der Waals surface area contributed by atoms with Crippen LogP contribution in [0.1, 0.15) is 33.3 Å². The molecule has 0 saturated carbocycles. The number of anilines is 1. The Balaban J connectivity index is 3.14. The summed E-state index contributed by atoms with van der Waals surface area (Å²) in [5, 5.41) is 1.63. The van der Waals surface area contributed by atoms with Gasteiger partial charge in [-0.2, -0.15) is 17.6 Å². The molecule has 1 atom stereocenters. The lowest BCUT2D eigenvalue weighted by atomic mass is 10.1. The number of amides is 1. The topological polar surface area (TPSA) is 58.5 Å².